The quantitative estimate of drug-likeness (QED) is 0.249. The molecule has 6 heteroatoms. The summed E-state index contributed by atoms with van der Waals surface area (Å²) in [5, 5.41) is 8.39. The second-order valence-corrected chi connectivity index (χ2v) is 7.57. The first-order valence-corrected chi connectivity index (χ1v) is 9.96. The Morgan fingerprint density at radius 3 is 2.21 bits per heavy atom. The number of hydrogen-bond donors (Lipinski definition) is 0. The van der Waals surface area contributed by atoms with Crippen LogP contribution in [-0.4, -0.2) is 6.36 Å². The van der Waals surface area contributed by atoms with Crippen LogP contribution in [0.5, 0.6) is 5.75 Å². The molecule has 2 nitrogen and oxygen atoms in total. The normalized spacial score (nSPS) is 20.6. The predicted molar refractivity (Wildman–Crippen MR) is 100 cm³/mol. The van der Waals surface area contributed by atoms with Crippen LogP contribution >= 0.6 is 0 Å². The zero-order chi connectivity index (χ0) is 20.4. The van der Waals surface area contributed by atoms with E-state index < -0.39 is 12.2 Å². The van der Waals surface area contributed by atoms with Crippen LogP contribution in [0.15, 0.2) is 36.2 Å². The molecule has 1 saturated carbocycles. The predicted octanol–water partition coefficient (Wildman–Crippen LogP) is 7.26. The molecule has 0 unspecified atom stereocenters. The Balaban J connectivity index is 1.58. The van der Waals surface area contributed by atoms with E-state index in [0.29, 0.717) is 12.3 Å². The number of allylic oxidation sites excluding steroid dienone is 2. The Hall–Kier alpha value is -2.03. The van der Waals surface area contributed by atoms with Gasteiger partial charge in [-0.3, -0.25) is 0 Å². The minimum atomic E-state index is -4.65. The van der Waals surface area contributed by atoms with Gasteiger partial charge >= 0.3 is 6.36 Å². The highest BCUT2D eigenvalue weighted by molar-refractivity contribution is 5.27. The summed E-state index contributed by atoms with van der Waals surface area (Å²) in [4.78, 5) is 0. The van der Waals surface area contributed by atoms with Crippen molar-refractivity contribution in [2.75, 3.05) is 0 Å². The van der Waals surface area contributed by atoms with Gasteiger partial charge in [-0.05, 0) is 61.3 Å². The fraction of sp³-hybridized carbons (Fsp3) is 0.591. The van der Waals surface area contributed by atoms with Gasteiger partial charge in [-0.25, -0.2) is 0 Å². The molecular formula is C22H27F4NO. The molecule has 1 aromatic carbocycles. The number of aryl methyl sites for hydroxylation is 1. The highest BCUT2D eigenvalue weighted by atomic mass is 19.4. The number of hydrogen-bond acceptors (Lipinski definition) is 2. The van der Waals surface area contributed by atoms with Crippen LogP contribution in [-0.2, 0) is 6.42 Å². The molecule has 0 radical (unpaired) electrons. The number of nitrogens with zero attached hydrogens (tertiary/aromatic N) is 1. The molecule has 0 heterocycles. The van der Waals surface area contributed by atoms with E-state index in [2.05, 4.69) is 4.74 Å². The van der Waals surface area contributed by atoms with Crippen LogP contribution in [0, 0.1) is 23.2 Å². The standard InChI is InChI=1S/C22H27F4NO/c23-20(16-27)7-3-6-19-10-8-17(9-11-19)4-1-2-5-18-12-14-21(15-13-18)28-22(24,25)26/h7,12-15,17,19H,1-6,8-11H2/b20-7-. The number of unbranched alkanes of at least 4 members (excludes halogenated alkanes) is 1. The molecule has 0 amide bonds. The Morgan fingerprint density at radius 1 is 1.04 bits per heavy atom. The van der Waals surface area contributed by atoms with Gasteiger partial charge in [0.05, 0.1) is 0 Å². The van der Waals surface area contributed by atoms with Crippen LogP contribution in [0.2, 0.25) is 0 Å². The van der Waals surface area contributed by atoms with Crippen LogP contribution < -0.4 is 4.74 Å². The molecule has 0 aliphatic heterocycles. The summed E-state index contributed by atoms with van der Waals surface area (Å²) in [6.45, 7) is 0. The van der Waals surface area contributed by atoms with Crippen molar-refractivity contribution >= 4 is 0 Å². The molecule has 1 aliphatic carbocycles. The van der Waals surface area contributed by atoms with Crippen LogP contribution in [0.1, 0.15) is 63.4 Å². The maximum Gasteiger partial charge on any atom is 0.573 e. The highest BCUT2D eigenvalue weighted by Crippen LogP contribution is 2.34. The fourth-order valence-electron chi connectivity index (χ4n) is 3.92. The maximum atomic E-state index is 12.8. The summed E-state index contributed by atoms with van der Waals surface area (Å²) in [6, 6.07) is 7.61. The van der Waals surface area contributed by atoms with Crippen LogP contribution in [0.3, 0.4) is 0 Å². The summed E-state index contributed by atoms with van der Waals surface area (Å²) in [5.74, 6) is 0.511. The van der Waals surface area contributed by atoms with Gasteiger partial charge in [-0.15, -0.1) is 13.2 Å². The smallest absolute Gasteiger partial charge is 0.406 e. The van der Waals surface area contributed by atoms with Gasteiger partial charge in [-0.2, -0.15) is 9.65 Å². The zero-order valence-electron chi connectivity index (χ0n) is 16.0. The molecular weight excluding hydrogens is 370 g/mol. The summed E-state index contributed by atoms with van der Waals surface area (Å²) >= 11 is 0. The van der Waals surface area contributed by atoms with Crippen molar-refractivity contribution < 1.29 is 22.3 Å². The Bertz CT molecular complexity index is 653. The van der Waals surface area contributed by atoms with E-state index in [1.54, 1.807) is 12.1 Å². The monoisotopic (exact) mass is 397 g/mol. The van der Waals surface area contributed by atoms with Crippen molar-refractivity contribution in [1.29, 1.82) is 5.26 Å². The lowest BCUT2D eigenvalue weighted by Gasteiger charge is -2.28. The minimum Gasteiger partial charge on any atom is -0.406 e. The van der Waals surface area contributed by atoms with Crippen molar-refractivity contribution in [2.24, 2.45) is 11.8 Å². The number of ether oxygens (including phenoxy) is 1. The van der Waals surface area contributed by atoms with Gasteiger partial charge in [0.1, 0.15) is 11.8 Å². The van der Waals surface area contributed by atoms with Gasteiger partial charge in [0.25, 0.3) is 0 Å². The van der Waals surface area contributed by atoms with Gasteiger partial charge < -0.3 is 4.74 Å². The molecule has 0 bridgehead atoms. The second kappa shape index (κ2) is 11.1. The average molecular weight is 397 g/mol. The van der Waals surface area contributed by atoms with Gasteiger partial charge in [0, 0.05) is 0 Å². The Kier molecular flexibility index (Phi) is 8.82. The van der Waals surface area contributed by atoms with E-state index in [1.165, 1.54) is 56.4 Å². The van der Waals surface area contributed by atoms with Crippen LogP contribution in [0.4, 0.5) is 17.6 Å². The topological polar surface area (TPSA) is 33.0 Å². The van der Waals surface area contributed by atoms with Gasteiger partial charge in [0.15, 0.2) is 5.83 Å². The number of halogens is 4. The molecule has 1 fully saturated rings. The van der Waals surface area contributed by atoms with E-state index >= 15 is 0 Å². The maximum absolute atomic E-state index is 12.8. The zero-order valence-corrected chi connectivity index (χ0v) is 16.0. The third-order valence-corrected chi connectivity index (χ3v) is 5.46. The molecule has 154 valence electrons. The second-order valence-electron chi connectivity index (χ2n) is 7.57. The molecule has 0 spiro atoms. The molecule has 2 rings (SSSR count). The summed E-state index contributed by atoms with van der Waals surface area (Å²) in [6.07, 6.45) is 7.28. The molecule has 0 N–H and O–H groups in total. The van der Waals surface area contributed by atoms with Gasteiger partial charge in [0.2, 0.25) is 0 Å². The SMILES string of the molecule is N#C/C(F)=C/CCC1CCC(CCCCc2ccc(OC(F)(F)F)cc2)CC1. The van der Waals surface area contributed by atoms with Crippen molar-refractivity contribution in [3.05, 3.63) is 41.7 Å². The average Bonchev–Trinajstić information content (AvgIpc) is 2.66. The lowest BCUT2D eigenvalue weighted by atomic mass is 9.78. The number of alkyl halides is 3. The fourth-order valence-corrected chi connectivity index (χ4v) is 3.92. The lowest BCUT2D eigenvalue weighted by Crippen LogP contribution is -2.17. The lowest BCUT2D eigenvalue weighted by molar-refractivity contribution is -0.274. The van der Waals surface area contributed by atoms with Crippen LogP contribution in [0.25, 0.3) is 0 Å². The highest BCUT2D eigenvalue weighted by Gasteiger charge is 2.30. The number of benzene rings is 1. The summed E-state index contributed by atoms with van der Waals surface area (Å²) in [7, 11) is 0. The van der Waals surface area contributed by atoms with E-state index in [0.717, 1.165) is 37.2 Å². The van der Waals surface area contributed by atoms with E-state index in [-0.39, 0.29) is 5.75 Å². The third-order valence-electron chi connectivity index (χ3n) is 5.46. The van der Waals surface area contributed by atoms with E-state index in [9.17, 15) is 17.6 Å². The molecule has 28 heavy (non-hydrogen) atoms. The number of nitriles is 1. The first-order chi connectivity index (χ1) is 13.4. The first kappa shape index (κ1) is 22.3. The summed E-state index contributed by atoms with van der Waals surface area (Å²) in [5.41, 5.74) is 1.02. The Labute approximate surface area is 164 Å². The van der Waals surface area contributed by atoms with Crippen molar-refractivity contribution in [2.45, 2.75) is 70.6 Å². The minimum absolute atomic E-state index is 0.182. The Morgan fingerprint density at radius 2 is 1.64 bits per heavy atom. The largest absolute Gasteiger partial charge is 0.573 e. The van der Waals surface area contributed by atoms with Crippen molar-refractivity contribution in [3.8, 4) is 11.8 Å². The van der Waals surface area contributed by atoms with E-state index in [4.69, 9.17) is 5.26 Å². The molecule has 0 atom stereocenters. The molecule has 1 aromatic rings. The first-order valence-electron chi connectivity index (χ1n) is 9.96. The molecule has 1 aliphatic rings. The third kappa shape index (κ3) is 8.77. The van der Waals surface area contributed by atoms with Crippen molar-refractivity contribution in [1.82, 2.24) is 0 Å². The molecule has 0 saturated heterocycles. The molecule has 0 aromatic heterocycles. The summed E-state index contributed by atoms with van der Waals surface area (Å²) < 4.78 is 53.1. The van der Waals surface area contributed by atoms with Gasteiger partial charge in [-0.1, -0.05) is 50.7 Å². The van der Waals surface area contributed by atoms with E-state index in [1.807, 2.05) is 0 Å². The van der Waals surface area contributed by atoms with Crippen molar-refractivity contribution in [3.63, 3.8) is 0 Å². The number of rotatable bonds is 9.